The van der Waals surface area contributed by atoms with Crippen molar-refractivity contribution in [2.45, 2.75) is 125 Å². The minimum absolute atomic E-state index is 0.0246. The average Bonchev–Trinajstić information content (AvgIpc) is 3.23. The third kappa shape index (κ3) is 6.46. The van der Waals surface area contributed by atoms with E-state index in [9.17, 15) is 0 Å². The summed E-state index contributed by atoms with van der Waals surface area (Å²) < 4.78 is 0. The first-order valence-corrected chi connectivity index (χ1v) is 23.3. The van der Waals surface area contributed by atoms with Gasteiger partial charge in [-0.1, -0.05) is 11.1 Å². The van der Waals surface area contributed by atoms with Crippen LogP contribution in [0.2, 0.25) is 0 Å². The maximum Gasteiger partial charge on any atom is 0.252 e. The van der Waals surface area contributed by atoms with Gasteiger partial charge in [-0.2, -0.15) is 0 Å². The second-order valence-electron chi connectivity index (χ2n) is 19.9. The number of hydrogen-bond acceptors (Lipinski definition) is 3. The summed E-state index contributed by atoms with van der Waals surface area (Å²) in [5.41, 5.74) is 39.0. The molecule has 0 aromatic heterocycles. The minimum Gasteiger partial charge on any atom is -0.311 e. The van der Waals surface area contributed by atoms with Gasteiger partial charge in [-0.15, -0.1) is 0 Å². The lowest BCUT2D eigenvalue weighted by atomic mass is 9.32. The molecule has 0 aliphatic carbocycles. The smallest absolute Gasteiger partial charge is 0.252 e. The first-order chi connectivity index (χ1) is 30.2. The highest BCUT2D eigenvalue weighted by Crippen LogP contribution is 2.50. The molecule has 7 aromatic carbocycles. The van der Waals surface area contributed by atoms with E-state index in [0.29, 0.717) is 0 Å². The van der Waals surface area contributed by atoms with Gasteiger partial charge in [-0.3, -0.25) is 0 Å². The van der Waals surface area contributed by atoms with Gasteiger partial charge in [-0.05, 0) is 303 Å². The summed E-state index contributed by atoms with van der Waals surface area (Å²) in [7, 11) is 0. The molecule has 0 N–H and O–H groups in total. The number of benzene rings is 7. The Morgan fingerprint density at radius 2 is 0.516 bits per heavy atom. The molecule has 7 aromatic rings. The Hall–Kier alpha value is -6.00. The van der Waals surface area contributed by atoms with Crippen molar-refractivity contribution in [3.8, 4) is 0 Å². The molecule has 3 nitrogen and oxygen atoms in total. The largest absolute Gasteiger partial charge is 0.311 e. The Labute approximate surface area is 384 Å². The summed E-state index contributed by atoms with van der Waals surface area (Å²) in [5, 5.41) is 0. The van der Waals surface area contributed by atoms with Gasteiger partial charge in [-0.25, -0.2) is 0 Å². The Morgan fingerprint density at radius 1 is 0.266 bits per heavy atom. The third-order valence-electron chi connectivity index (χ3n) is 16.3. The summed E-state index contributed by atoms with van der Waals surface area (Å²) in [6.45, 7) is 41.2. The van der Waals surface area contributed by atoms with Crippen LogP contribution in [0.3, 0.4) is 0 Å². The normalized spacial score (nSPS) is 12.8. The van der Waals surface area contributed by atoms with Crippen LogP contribution in [0.1, 0.15) is 100 Å². The third-order valence-corrected chi connectivity index (χ3v) is 16.3. The molecule has 2 heterocycles. The Balaban J connectivity index is 1.52. The minimum atomic E-state index is 0.0246. The number of anilines is 9. The predicted octanol–water partition coefficient (Wildman–Crippen LogP) is 14.8. The van der Waals surface area contributed by atoms with Crippen molar-refractivity contribution < 1.29 is 0 Å². The molecule has 2 aliphatic heterocycles. The van der Waals surface area contributed by atoms with Crippen molar-refractivity contribution >= 4 is 74.3 Å². The maximum absolute atomic E-state index is 2.63. The van der Waals surface area contributed by atoms with E-state index in [4.69, 9.17) is 0 Å². The molecular weight excluding hydrogens is 773 g/mol. The Bertz CT molecular complexity index is 2870. The molecule has 2 aliphatic rings. The molecule has 0 radical (unpaired) electrons. The van der Waals surface area contributed by atoms with E-state index in [1.807, 2.05) is 0 Å². The number of hydrogen-bond donors (Lipinski definition) is 0. The molecule has 0 saturated heterocycles. The lowest BCUT2D eigenvalue weighted by Gasteiger charge is -2.46. The van der Waals surface area contributed by atoms with E-state index in [-0.39, 0.29) is 6.71 Å². The van der Waals surface area contributed by atoms with Gasteiger partial charge in [0.25, 0.3) is 6.71 Å². The van der Waals surface area contributed by atoms with Gasteiger partial charge in [0, 0.05) is 45.5 Å². The van der Waals surface area contributed by atoms with Gasteiger partial charge >= 0.3 is 0 Å². The second-order valence-corrected chi connectivity index (χ2v) is 19.9. The van der Waals surface area contributed by atoms with Crippen molar-refractivity contribution in [3.63, 3.8) is 0 Å². The van der Waals surface area contributed by atoms with E-state index in [0.717, 1.165) is 5.69 Å². The Morgan fingerprint density at radius 3 is 0.828 bits per heavy atom. The zero-order valence-corrected chi connectivity index (χ0v) is 41.8. The lowest BCUT2D eigenvalue weighted by Crippen LogP contribution is -2.63. The van der Waals surface area contributed by atoms with Gasteiger partial charge in [0.15, 0.2) is 0 Å². The fourth-order valence-corrected chi connectivity index (χ4v) is 10.9. The molecular formula is C60H66BN3. The molecule has 324 valence electrons. The highest BCUT2D eigenvalue weighted by Gasteiger charge is 2.46. The molecule has 0 fully saturated rings. The first-order valence-electron chi connectivity index (χ1n) is 23.3. The molecule has 0 spiro atoms. The zero-order chi connectivity index (χ0) is 46.1. The van der Waals surface area contributed by atoms with Crippen LogP contribution < -0.4 is 31.1 Å². The molecule has 0 amide bonds. The fraction of sp³-hybridized carbons (Fsp3) is 0.300. The van der Waals surface area contributed by atoms with Crippen molar-refractivity contribution in [1.29, 1.82) is 0 Å². The van der Waals surface area contributed by atoms with Crippen molar-refractivity contribution in [1.82, 2.24) is 0 Å². The molecule has 0 atom stereocenters. The van der Waals surface area contributed by atoms with E-state index in [1.54, 1.807) is 0 Å². The first kappa shape index (κ1) is 43.3. The van der Waals surface area contributed by atoms with Gasteiger partial charge in [0.1, 0.15) is 0 Å². The van der Waals surface area contributed by atoms with E-state index in [1.165, 1.54) is 162 Å². The standard InChI is InChI=1S/C60H66BN3/c1-31-19-49(20-32(2)41(31)11)62(50-21-33(3)42(12)34(4)22-50)53-29-56-60-57(30-53)64(52-25-37(7)44(14)38(8)26-52)55-28-40(10)46(16)48(18)59(55)61(60)58-47(17)45(15)39(9)27-54(58)63(56)51-23-35(5)43(13)36(6)24-51/h19-30H,1-18H3. The summed E-state index contributed by atoms with van der Waals surface area (Å²) in [5.74, 6) is 0. The van der Waals surface area contributed by atoms with Crippen LogP contribution >= 0.6 is 0 Å². The summed E-state index contributed by atoms with van der Waals surface area (Å²) >= 11 is 0. The van der Waals surface area contributed by atoms with E-state index >= 15 is 0 Å². The SMILES string of the molecule is Cc1cc(N(c2cc(C)c(C)c(C)c2)c2cc3c4c(c2)N(c2cc(C)c(C)c(C)c2)c2cc(C)c(C)c(C)c2B4c2c(cc(C)c(C)c2C)N3c2cc(C)c(C)c(C)c2)cc(C)c1C. The highest BCUT2D eigenvalue weighted by atomic mass is 15.2. The maximum atomic E-state index is 2.63. The van der Waals surface area contributed by atoms with Crippen LogP contribution in [-0.4, -0.2) is 6.71 Å². The number of rotatable bonds is 5. The Kier molecular flexibility index (Phi) is 10.4. The average molecular weight is 840 g/mol. The van der Waals surface area contributed by atoms with Crippen LogP contribution in [0.4, 0.5) is 51.2 Å². The zero-order valence-electron chi connectivity index (χ0n) is 41.8. The van der Waals surface area contributed by atoms with Crippen LogP contribution in [0.5, 0.6) is 0 Å². The molecule has 0 unspecified atom stereocenters. The molecule has 64 heavy (non-hydrogen) atoms. The summed E-state index contributed by atoms with van der Waals surface area (Å²) in [6, 6.07) is 29.3. The molecule has 0 bridgehead atoms. The van der Waals surface area contributed by atoms with Gasteiger partial charge in [0.05, 0.1) is 5.69 Å². The van der Waals surface area contributed by atoms with Gasteiger partial charge in [0.2, 0.25) is 0 Å². The number of nitrogens with zero attached hydrogens (tertiary/aromatic N) is 3. The monoisotopic (exact) mass is 840 g/mol. The molecule has 0 saturated carbocycles. The van der Waals surface area contributed by atoms with E-state index < -0.39 is 0 Å². The van der Waals surface area contributed by atoms with Crippen molar-refractivity contribution in [2.75, 3.05) is 14.7 Å². The second kappa shape index (κ2) is 15.3. The lowest BCUT2D eigenvalue weighted by molar-refractivity contribution is 1.16. The van der Waals surface area contributed by atoms with Crippen LogP contribution in [0.15, 0.2) is 72.8 Å². The van der Waals surface area contributed by atoms with Crippen molar-refractivity contribution in [3.05, 3.63) is 173 Å². The highest BCUT2D eigenvalue weighted by molar-refractivity contribution is 7.01. The fourth-order valence-electron chi connectivity index (χ4n) is 10.9. The van der Waals surface area contributed by atoms with Crippen LogP contribution in [0, 0.1) is 125 Å². The number of fused-ring (bicyclic) bond motifs is 4. The number of aryl methyl sites for hydroxylation is 10. The summed E-state index contributed by atoms with van der Waals surface area (Å²) in [4.78, 5) is 7.81. The quantitative estimate of drug-likeness (QED) is 0.160. The van der Waals surface area contributed by atoms with Crippen LogP contribution in [-0.2, 0) is 0 Å². The van der Waals surface area contributed by atoms with Crippen LogP contribution in [0.25, 0.3) is 0 Å². The topological polar surface area (TPSA) is 9.72 Å². The predicted molar refractivity (Wildman–Crippen MR) is 280 cm³/mol. The molecule has 4 heteroatoms. The van der Waals surface area contributed by atoms with Gasteiger partial charge < -0.3 is 14.7 Å². The van der Waals surface area contributed by atoms with Crippen molar-refractivity contribution in [2.24, 2.45) is 0 Å². The van der Waals surface area contributed by atoms with E-state index in [2.05, 4.69) is 212 Å². The molecule has 9 rings (SSSR count). The summed E-state index contributed by atoms with van der Waals surface area (Å²) in [6.07, 6.45) is 0.